The summed E-state index contributed by atoms with van der Waals surface area (Å²) in [6.07, 6.45) is 0.242. The summed E-state index contributed by atoms with van der Waals surface area (Å²) in [6, 6.07) is 1.59. The zero-order chi connectivity index (χ0) is 13.7. The molecule has 0 spiro atoms. The molecule has 0 aromatic carbocycles. The average Bonchev–Trinajstić information content (AvgIpc) is 2.27. The molecule has 1 atom stereocenters. The highest BCUT2D eigenvalue weighted by molar-refractivity contribution is 5.74. The number of rotatable bonds is 6. The highest BCUT2D eigenvalue weighted by atomic mass is 16.1. The van der Waals surface area contributed by atoms with Crippen LogP contribution in [-0.4, -0.2) is 21.9 Å². The molecular weight excluding hydrogens is 232 g/mol. The second kappa shape index (κ2) is 6.15. The van der Waals surface area contributed by atoms with Gasteiger partial charge in [-0.15, -0.1) is 0 Å². The molecule has 1 rings (SSSR count). The Bertz CT molecular complexity index is 420. The zero-order valence-electron chi connectivity index (χ0n) is 10.9. The molecule has 7 nitrogen and oxygen atoms in total. The van der Waals surface area contributed by atoms with Gasteiger partial charge in [0.15, 0.2) is 0 Å². The van der Waals surface area contributed by atoms with Crippen molar-refractivity contribution < 1.29 is 4.79 Å². The zero-order valence-corrected chi connectivity index (χ0v) is 10.9. The molecule has 1 unspecified atom stereocenters. The molecule has 18 heavy (non-hydrogen) atoms. The second-order valence-electron chi connectivity index (χ2n) is 4.51. The molecular formula is C11H20N6O. The summed E-state index contributed by atoms with van der Waals surface area (Å²) in [5.41, 5.74) is 7.63. The van der Waals surface area contributed by atoms with Crippen molar-refractivity contribution in [2.45, 2.75) is 39.2 Å². The van der Waals surface area contributed by atoms with Crippen LogP contribution in [0.25, 0.3) is 0 Å². The molecule has 6 N–H and O–H groups in total. The van der Waals surface area contributed by atoms with Crippen LogP contribution in [0, 0.1) is 0 Å². The van der Waals surface area contributed by atoms with Gasteiger partial charge in [-0.2, -0.15) is 0 Å². The Labute approximate surface area is 106 Å². The van der Waals surface area contributed by atoms with E-state index >= 15 is 0 Å². The fourth-order valence-electron chi connectivity index (χ4n) is 1.48. The summed E-state index contributed by atoms with van der Waals surface area (Å²) >= 11 is 0. The van der Waals surface area contributed by atoms with Crippen LogP contribution < -0.4 is 22.3 Å². The van der Waals surface area contributed by atoms with E-state index in [0.29, 0.717) is 17.5 Å². The number of hydrazine groups is 1. The number of carbonyl (C=O) groups is 1. The lowest BCUT2D eigenvalue weighted by atomic mass is 10.2. The number of primary amides is 1. The number of anilines is 2. The Morgan fingerprint density at radius 2 is 1.94 bits per heavy atom. The number of nitrogens with two attached hydrogens (primary N) is 2. The summed E-state index contributed by atoms with van der Waals surface area (Å²) in [6.45, 7) is 5.84. The number of nitrogens with zero attached hydrogens (tertiary/aromatic N) is 2. The Morgan fingerprint density at radius 3 is 2.44 bits per heavy atom. The van der Waals surface area contributed by atoms with Crippen LogP contribution in [0.1, 0.15) is 38.9 Å². The van der Waals surface area contributed by atoms with E-state index in [1.54, 1.807) is 6.07 Å². The van der Waals surface area contributed by atoms with Gasteiger partial charge in [-0.05, 0) is 6.92 Å². The minimum Gasteiger partial charge on any atom is -0.370 e. The number of hydrogen-bond acceptors (Lipinski definition) is 6. The van der Waals surface area contributed by atoms with Crippen LogP contribution in [0.15, 0.2) is 6.07 Å². The number of amides is 1. The number of nitrogen functional groups attached to an aromatic ring is 1. The van der Waals surface area contributed by atoms with E-state index in [1.165, 1.54) is 0 Å². The Hall–Kier alpha value is -1.89. The molecule has 7 heteroatoms. The first-order valence-corrected chi connectivity index (χ1v) is 5.82. The van der Waals surface area contributed by atoms with Crippen molar-refractivity contribution in [3.63, 3.8) is 0 Å². The third-order valence-corrected chi connectivity index (χ3v) is 2.31. The second-order valence-corrected chi connectivity index (χ2v) is 4.51. The maximum atomic E-state index is 10.8. The maximum absolute atomic E-state index is 10.8. The van der Waals surface area contributed by atoms with Gasteiger partial charge in [-0.1, -0.05) is 13.8 Å². The van der Waals surface area contributed by atoms with E-state index in [0.717, 1.165) is 0 Å². The van der Waals surface area contributed by atoms with Crippen molar-refractivity contribution in [2.24, 2.45) is 11.6 Å². The van der Waals surface area contributed by atoms with Gasteiger partial charge in [-0.3, -0.25) is 4.79 Å². The monoisotopic (exact) mass is 252 g/mol. The maximum Gasteiger partial charge on any atom is 0.219 e. The molecule has 0 radical (unpaired) electrons. The minimum atomic E-state index is -0.356. The normalized spacial score (nSPS) is 12.3. The molecule has 0 fully saturated rings. The van der Waals surface area contributed by atoms with Gasteiger partial charge in [0.05, 0.1) is 0 Å². The highest BCUT2D eigenvalue weighted by Gasteiger charge is 2.11. The third-order valence-electron chi connectivity index (χ3n) is 2.31. The molecule has 1 heterocycles. The smallest absolute Gasteiger partial charge is 0.219 e. The third kappa shape index (κ3) is 4.17. The number of carbonyl (C=O) groups excluding carboxylic acids is 1. The Morgan fingerprint density at radius 1 is 1.33 bits per heavy atom. The van der Waals surface area contributed by atoms with Crippen LogP contribution in [0.4, 0.5) is 11.6 Å². The largest absolute Gasteiger partial charge is 0.370 e. The molecule has 0 saturated heterocycles. The first kappa shape index (κ1) is 14.2. The van der Waals surface area contributed by atoms with Crippen molar-refractivity contribution in [2.75, 3.05) is 10.7 Å². The molecule has 1 amide bonds. The first-order chi connectivity index (χ1) is 8.42. The molecule has 0 aliphatic heterocycles. The van der Waals surface area contributed by atoms with E-state index in [4.69, 9.17) is 11.6 Å². The van der Waals surface area contributed by atoms with Gasteiger partial charge in [0, 0.05) is 24.4 Å². The van der Waals surface area contributed by atoms with E-state index in [2.05, 4.69) is 20.7 Å². The summed E-state index contributed by atoms with van der Waals surface area (Å²) in [7, 11) is 0. The van der Waals surface area contributed by atoms with E-state index in [-0.39, 0.29) is 24.3 Å². The predicted octanol–water partition coefficient (Wildman–Crippen LogP) is 0.561. The van der Waals surface area contributed by atoms with Gasteiger partial charge < -0.3 is 16.5 Å². The quantitative estimate of drug-likeness (QED) is 0.434. The molecule has 100 valence electrons. The van der Waals surface area contributed by atoms with Crippen LogP contribution in [0.3, 0.4) is 0 Å². The van der Waals surface area contributed by atoms with Gasteiger partial charge in [-0.25, -0.2) is 15.8 Å². The molecule has 0 aliphatic rings. The van der Waals surface area contributed by atoms with Crippen LogP contribution >= 0.6 is 0 Å². The standard InChI is InChI=1S/C11H20N6O/c1-6(2)11-15-9(5-10(16-11)17-13)14-7(3)4-8(12)18/h5-7H,4,13H2,1-3H3,(H2,12,18)(H2,14,15,16,17). The lowest BCUT2D eigenvalue weighted by molar-refractivity contribution is -0.118. The van der Waals surface area contributed by atoms with Crippen molar-refractivity contribution in [3.8, 4) is 0 Å². The number of aromatic nitrogens is 2. The lowest BCUT2D eigenvalue weighted by Crippen LogP contribution is -2.25. The SMILES string of the molecule is CC(CC(N)=O)Nc1cc(NN)nc(C(C)C)n1. The van der Waals surface area contributed by atoms with E-state index in [1.807, 2.05) is 20.8 Å². The van der Waals surface area contributed by atoms with E-state index < -0.39 is 0 Å². The molecule has 0 saturated carbocycles. The van der Waals surface area contributed by atoms with Gasteiger partial charge in [0.2, 0.25) is 5.91 Å². The summed E-state index contributed by atoms with van der Waals surface area (Å²) < 4.78 is 0. The summed E-state index contributed by atoms with van der Waals surface area (Å²) in [4.78, 5) is 19.4. The van der Waals surface area contributed by atoms with Crippen LogP contribution in [0.5, 0.6) is 0 Å². The number of hydrogen-bond donors (Lipinski definition) is 4. The van der Waals surface area contributed by atoms with Crippen molar-refractivity contribution in [3.05, 3.63) is 11.9 Å². The van der Waals surface area contributed by atoms with Crippen LogP contribution in [-0.2, 0) is 4.79 Å². The molecule has 1 aromatic rings. The van der Waals surface area contributed by atoms with Gasteiger partial charge in [0.1, 0.15) is 17.5 Å². The predicted molar refractivity (Wildman–Crippen MR) is 70.8 cm³/mol. The fourth-order valence-corrected chi connectivity index (χ4v) is 1.48. The average molecular weight is 252 g/mol. The van der Waals surface area contributed by atoms with Gasteiger partial charge in [0.25, 0.3) is 0 Å². The van der Waals surface area contributed by atoms with E-state index in [9.17, 15) is 4.79 Å². The molecule has 0 bridgehead atoms. The fraction of sp³-hybridized carbons (Fsp3) is 0.545. The Balaban J connectivity index is 2.87. The molecule has 1 aromatic heterocycles. The lowest BCUT2D eigenvalue weighted by Gasteiger charge is -2.15. The first-order valence-electron chi connectivity index (χ1n) is 5.82. The summed E-state index contributed by atoms with van der Waals surface area (Å²) in [5.74, 6) is 7.02. The number of nitrogens with one attached hydrogen (secondary N) is 2. The van der Waals surface area contributed by atoms with Crippen molar-refractivity contribution in [1.82, 2.24) is 9.97 Å². The highest BCUT2D eigenvalue weighted by Crippen LogP contribution is 2.17. The Kier molecular flexibility index (Phi) is 4.85. The topological polar surface area (TPSA) is 119 Å². The van der Waals surface area contributed by atoms with Crippen molar-refractivity contribution >= 4 is 17.5 Å². The summed E-state index contributed by atoms with van der Waals surface area (Å²) in [5, 5.41) is 3.10. The van der Waals surface area contributed by atoms with Gasteiger partial charge >= 0.3 is 0 Å². The minimum absolute atomic E-state index is 0.0944. The molecule has 0 aliphatic carbocycles. The van der Waals surface area contributed by atoms with Crippen LogP contribution in [0.2, 0.25) is 0 Å². The van der Waals surface area contributed by atoms with Crippen molar-refractivity contribution in [1.29, 1.82) is 0 Å².